The van der Waals surface area contributed by atoms with Crippen molar-refractivity contribution in [2.75, 3.05) is 5.43 Å². The summed E-state index contributed by atoms with van der Waals surface area (Å²) in [6.45, 7) is 2.00. The first-order chi connectivity index (χ1) is 5.84. The highest BCUT2D eigenvalue weighted by atomic mass is 15.3. The topological polar surface area (TPSA) is 48.2 Å². The molecule has 12 heavy (non-hydrogen) atoms. The number of benzene rings is 1. The Kier molecular flexibility index (Phi) is 3.02. The third-order valence-corrected chi connectivity index (χ3v) is 1.48. The Morgan fingerprint density at radius 3 is 2.83 bits per heavy atom. The molecule has 0 aliphatic carbocycles. The lowest BCUT2D eigenvalue weighted by molar-refractivity contribution is 1.31. The van der Waals surface area contributed by atoms with Gasteiger partial charge >= 0.3 is 0 Å². The predicted octanol–water partition coefficient (Wildman–Crippen LogP) is 2.04. The Morgan fingerprint density at radius 2 is 2.17 bits per heavy atom. The molecule has 0 aliphatic heterocycles. The van der Waals surface area contributed by atoms with Crippen LogP contribution in [0, 0.1) is 12.3 Å². The van der Waals surface area contributed by atoms with Crippen molar-refractivity contribution in [1.29, 1.82) is 5.41 Å². The summed E-state index contributed by atoms with van der Waals surface area (Å²) in [5, 5.41) is 10.5. The zero-order valence-corrected chi connectivity index (χ0v) is 6.91. The fraction of sp³-hybridized carbons (Fsp3) is 0.111. The molecule has 1 aromatic rings. The number of hydrogen-bond donors (Lipinski definition) is 2. The van der Waals surface area contributed by atoms with Crippen LogP contribution >= 0.6 is 0 Å². The van der Waals surface area contributed by atoms with Gasteiger partial charge in [0, 0.05) is 6.21 Å². The number of nitrogens with one attached hydrogen (secondary N) is 2. The fourth-order valence-electron chi connectivity index (χ4n) is 0.842. The van der Waals surface area contributed by atoms with Gasteiger partial charge in [0.15, 0.2) is 0 Å². The maximum Gasteiger partial charge on any atom is 0.0648 e. The highest BCUT2D eigenvalue weighted by molar-refractivity contribution is 6.14. The molecule has 0 aliphatic rings. The SMILES string of the molecule is Cc1ccccc1N/N=C\C=N. The van der Waals surface area contributed by atoms with E-state index in [2.05, 4.69) is 10.5 Å². The highest BCUT2D eigenvalue weighted by Crippen LogP contribution is 2.12. The molecule has 0 amide bonds. The summed E-state index contributed by atoms with van der Waals surface area (Å²) in [6.07, 6.45) is 2.53. The minimum Gasteiger partial charge on any atom is -0.307 e. The molecule has 0 bridgehead atoms. The molecule has 1 rings (SSSR count). The van der Waals surface area contributed by atoms with Gasteiger partial charge in [0.2, 0.25) is 0 Å². The third-order valence-electron chi connectivity index (χ3n) is 1.48. The van der Waals surface area contributed by atoms with Crippen LogP contribution in [0.2, 0.25) is 0 Å². The van der Waals surface area contributed by atoms with E-state index in [1.165, 1.54) is 6.21 Å². The molecule has 0 heterocycles. The molecule has 0 unspecified atom stereocenters. The van der Waals surface area contributed by atoms with E-state index in [1.807, 2.05) is 31.2 Å². The zero-order chi connectivity index (χ0) is 8.81. The molecule has 0 radical (unpaired) electrons. The standard InChI is InChI=1S/C9H11N3/c1-8-4-2-3-5-9(8)12-11-7-6-10/h2-7,10,12H,1H3/b10-6?,11-7-. The lowest BCUT2D eigenvalue weighted by atomic mass is 10.2. The average molecular weight is 161 g/mol. The van der Waals surface area contributed by atoms with Gasteiger partial charge in [0.1, 0.15) is 0 Å². The molecule has 0 saturated heterocycles. The van der Waals surface area contributed by atoms with E-state index in [1.54, 1.807) is 0 Å². The highest BCUT2D eigenvalue weighted by Gasteiger charge is 1.91. The van der Waals surface area contributed by atoms with E-state index in [0.717, 1.165) is 17.5 Å². The minimum absolute atomic E-state index is 0.968. The summed E-state index contributed by atoms with van der Waals surface area (Å²) < 4.78 is 0. The van der Waals surface area contributed by atoms with E-state index in [0.29, 0.717) is 0 Å². The number of hydrazone groups is 1. The van der Waals surface area contributed by atoms with Crippen LogP contribution in [-0.4, -0.2) is 12.4 Å². The van der Waals surface area contributed by atoms with Gasteiger partial charge in [-0.3, -0.25) is 5.43 Å². The van der Waals surface area contributed by atoms with E-state index in [9.17, 15) is 0 Å². The summed E-state index contributed by atoms with van der Waals surface area (Å²) in [7, 11) is 0. The maximum absolute atomic E-state index is 6.71. The summed E-state index contributed by atoms with van der Waals surface area (Å²) in [5.41, 5.74) is 4.94. The average Bonchev–Trinajstić information content (AvgIpc) is 2.09. The Labute approximate surface area is 71.6 Å². The second-order valence-corrected chi connectivity index (χ2v) is 2.37. The number of aryl methyl sites for hydroxylation is 1. The molecule has 2 N–H and O–H groups in total. The molecule has 0 saturated carbocycles. The quantitative estimate of drug-likeness (QED) is 0.517. The fourth-order valence-corrected chi connectivity index (χ4v) is 0.842. The largest absolute Gasteiger partial charge is 0.307 e. The molecule has 0 atom stereocenters. The molecular weight excluding hydrogens is 150 g/mol. The van der Waals surface area contributed by atoms with Crippen LogP contribution in [0.1, 0.15) is 5.56 Å². The van der Waals surface area contributed by atoms with Crippen LogP contribution in [0.15, 0.2) is 29.4 Å². The number of para-hydroxylation sites is 1. The molecule has 3 nitrogen and oxygen atoms in total. The van der Waals surface area contributed by atoms with Gasteiger partial charge in [0.05, 0.1) is 11.9 Å². The van der Waals surface area contributed by atoms with Crippen LogP contribution in [0.4, 0.5) is 5.69 Å². The Hall–Kier alpha value is -1.64. The molecule has 1 aromatic carbocycles. The first-order valence-corrected chi connectivity index (χ1v) is 3.68. The normalized spacial score (nSPS) is 10.1. The van der Waals surface area contributed by atoms with Gasteiger partial charge in [0.25, 0.3) is 0 Å². The molecule has 3 heteroatoms. The summed E-state index contributed by atoms with van der Waals surface area (Å²) in [6, 6.07) is 7.86. The van der Waals surface area contributed by atoms with Gasteiger partial charge < -0.3 is 5.41 Å². The van der Waals surface area contributed by atoms with E-state index < -0.39 is 0 Å². The lowest BCUT2D eigenvalue weighted by Gasteiger charge is -2.02. The van der Waals surface area contributed by atoms with Gasteiger partial charge in [-0.25, -0.2) is 0 Å². The van der Waals surface area contributed by atoms with Crippen LogP contribution < -0.4 is 5.43 Å². The second kappa shape index (κ2) is 4.28. The van der Waals surface area contributed by atoms with Crippen molar-refractivity contribution in [1.82, 2.24) is 0 Å². The number of rotatable bonds is 3. The van der Waals surface area contributed by atoms with Crippen LogP contribution in [0.5, 0.6) is 0 Å². The first kappa shape index (κ1) is 8.46. The molecule has 0 fully saturated rings. The van der Waals surface area contributed by atoms with Crippen molar-refractivity contribution in [3.8, 4) is 0 Å². The molecule has 0 spiro atoms. The van der Waals surface area contributed by atoms with Crippen molar-refractivity contribution in [2.24, 2.45) is 5.10 Å². The Bertz CT molecular complexity index is 292. The van der Waals surface area contributed by atoms with E-state index >= 15 is 0 Å². The summed E-state index contributed by atoms with van der Waals surface area (Å²) in [4.78, 5) is 0. The lowest BCUT2D eigenvalue weighted by Crippen LogP contribution is -1.91. The van der Waals surface area contributed by atoms with Crippen LogP contribution in [0.3, 0.4) is 0 Å². The van der Waals surface area contributed by atoms with E-state index in [4.69, 9.17) is 5.41 Å². The summed E-state index contributed by atoms with van der Waals surface area (Å²) >= 11 is 0. The first-order valence-electron chi connectivity index (χ1n) is 3.68. The molecule has 62 valence electrons. The van der Waals surface area contributed by atoms with Gasteiger partial charge in [-0.2, -0.15) is 5.10 Å². The van der Waals surface area contributed by atoms with Crippen molar-refractivity contribution >= 4 is 18.1 Å². The minimum atomic E-state index is 0.968. The van der Waals surface area contributed by atoms with Crippen molar-refractivity contribution in [2.45, 2.75) is 6.92 Å². The van der Waals surface area contributed by atoms with Crippen molar-refractivity contribution in [3.63, 3.8) is 0 Å². The zero-order valence-electron chi connectivity index (χ0n) is 6.91. The monoisotopic (exact) mass is 161 g/mol. The van der Waals surface area contributed by atoms with Crippen molar-refractivity contribution < 1.29 is 0 Å². The van der Waals surface area contributed by atoms with E-state index in [-0.39, 0.29) is 0 Å². The van der Waals surface area contributed by atoms with Crippen LogP contribution in [-0.2, 0) is 0 Å². The van der Waals surface area contributed by atoms with Crippen molar-refractivity contribution in [3.05, 3.63) is 29.8 Å². The maximum atomic E-state index is 6.71. The summed E-state index contributed by atoms with van der Waals surface area (Å²) in [5.74, 6) is 0. The molecule has 0 aromatic heterocycles. The number of anilines is 1. The van der Waals surface area contributed by atoms with Gasteiger partial charge in [-0.1, -0.05) is 18.2 Å². The van der Waals surface area contributed by atoms with Gasteiger partial charge in [-0.05, 0) is 18.6 Å². The smallest absolute Gasteiger partial charge is 0.0648 e. The number of nitrogens with zero attached hydrogens (tertiary/aromatic N) is 1. The van der Waals surface area contributed by atoms with Crippen LogP contribution in [0.25, 0.3) is 0 Å². The number of hydrogen-bond acceptors (Lipinski definition) is 3. The Morgan fingerprint density at radius 1 is 1.42 bits per heavy atom. The van der Waals surface area contributed by atoms with Gasteiger partial charge in [-0.15, -0.1) is 0 Å². The Balaban J connectivity index is 2.69. The third kappa shape index (κ3) is 2.20. The molecular formula is C9H11N3. The predicted molar refractivity (Wildman–Crippen MR) is 52.1 cm³/mol. The second-order valence-electron chi connectivity index (χ2n) is 2.37.